The highest BCUT2D eigenvalue weighted by Gasteiger charge is 2.10. The molecule has 5 nitrogen and oxygen atoms in total. The summed E-state index contributed by atoms with van der Waals surface area (Å²) >= 11 is 0. The van der Waals surface area contributed by atoms with Gasteiger partial charge >= 0.3 is 0 Å². The Morgan fingerprint density at radius 1 is 1.39 bits per heavy atom. The van der Waals surface area contributed by atoms with Gasteiger partial charge in [0.05, 0.1) is 6.54 Å². The third-order valence-corrected chi connectivity index (χ3v) is 2.65. The van der Waals surface area contributed by atoms with Gasteiger partial charge in [-0.15, -0.1) is 0 Å². The summed E-state index contributed by atoms with van der Waals surface area (Å²) in [4.78, 5) is 13.0. The van der Waals surface area contributed by atoms with E-state index in [0.717, 1.165) is 24.2 Å². The number of methoxy groups -OCH3 is 1. The van der Waals surface area contributed by atoms with Crippen molar-refractivity contribution in [2.24, 2.45) is 5.73 Å². The SMILES string of the molecule is COCCCN(CC(N)=O)Cc1ccccc1N. The number of anilines is 1. The second-order valence-electron chi connectivity index (χ2n) is 4.22. The number of hydrogen-bond acceptors (Lipinski definition) is 4. The van der Waals surface area contributed by atoms with Crippen LogP contribution in [0.1, 0.15) is 12.0 Å². The highest BCUT2D eigenvalue weighted by Crippen LogP contribution is 2.13. The van der Waals surface area contributed by atoms with E-state index >= 15 is 0 Å². The Morgan fingerprint density at radius 3 is 2.72 bits per heavy atom. The predicted octanol–water partition coefficient (Wildman–Crippen LogP) is 0.593. The fourth-order valence-corrected chi connectivity index (χ4v) is 1.79. The van der Waals surface area contributed by atoms with Crippen molar-refractivity contribution < 1.29 is 9.53 Å². The first kappa shape index (κ1) is 14.5. The molecule has 18 heavy (non-hydrogen) atoms. The summed E-state index contributed by atoms with van der Waals surface area (Å²) in [6.45, 7) is 2.28. The number of nitrogens with two attached hydrogens (primary N) is 2. The van der Waals surface area contributed by atoms with Gasteiger partial charge in [0.15, 0.2) is 0 Å². The van der Waals surface area contributed by atoms with Crippen LogP contribution in [-0.4, -0.2) is 37.6 Å². The molecular weight excluding hydrogens is 230 g/mol. The molecule has 4 N–H and O–H groups in total. The van der Waals surface area contributed by atoms with E-state index in [-0.39, 0.29) is 12.5 Å². The number of nitrogens with zero attached hydrogens (tertiary/aromatic N) is 1. The highest BCUT2D eigenvalue weighted by molar-refractivity contribution is 5.75. The van der Waals surface area contributed by atoms with Crippen LogP contribution in [0.3, 0.4) is 0 Å². The minimum Gasteiger partial charge on any atom is -0.398 e. The fraction of sp³-hybridized carbons (Fsp3) is 0.462. The molecule has 0 atom stereocenters. The molecule has 5 heteroatoms. The molecule has 1 rings (SSSR count). The van der Waals surface area contributed by atoms with Crippen molar-refractivity contribution in [3.8, 4) is 0 Å². The summed E-state index contributed by atoms with van der Waals surface area (Å²) in [6, 6.07) is 7.64. The normalized spacial score (nSPS) is 10.8. The van der Waals surface area contributed by atoms with Crippen LogP contribution in [0.5, 0.6) is 0 Å². The Bertz CT molecular complexity index is 382. The molecule has 0 aliphatic carbocycles. The van der Waals surface area contributed by atoms with E-state index in [2.05, 4.69) is 0 Å². The van der Waals surface area contributed by atoms with E-state index in [9.17, 15) is 4.79 Å². The monoisotopic (exact) mass is 251 g/mol. The third kappa shape index (κ3) is 5.16. The lowest BCUT2D eigenvalue weighted by atomic mass is 10.1. The van der Waals surface area contributed by atoms with E-state index in [1.807, 2.05) is 29.2 Å². The smallest absolute Gasteiger partial charge is 0.231 e. The van der Waals surface area contributed by atoms with Crippen molar-refractivity contribution in [1.29, 1.82) is 0 Å². The number of ether oxygens (including phenoxy) is 1. The zero-order valence-electron chi connectivity index (χ0n) is 10.8. The van der Waals surface area contributed by atoms with Crippen molar-refractivity contribution in [3.05, 3.63) is 29.8 Å². The van der Waals surface area contributed by atoms with Crippen LogP contribution in [-0.2, 0) is 16.1 Å². The molecule has 1 amide bonds. The standard InChI is InChI=1S/C13H21N3O2/c1-18-8-4-7-16(10-13(15)17)9-11-5-2-3-6-12(11)14/h2-3,5-6H,4,7-10,14H2,1H3,(H2,15,17). The van der Waals surface area contributed by atoms with E-state index in [4.69, 9.17) is 16.2 Å². The van der Waals surface area contributed by atoms with Crippen LogP contribution < -0.4 is 11.5 Å². The predicted molar refractivity (Wildman–Crippen MR) is 71.8 cm³/mol. The number of nitrogen functional groups attached to an aromatic ring is 1. The maximum Gasteiger partial charge on any atom is 0.231 e. The summed E-state index contributed by atoms with van der Waals surface area (Å²) < 4.78 is 5.00. The zero-order chi connectivity index (χ0) is 13.4. The maximum atomic E-state index is 11.0. The Labute approximate surface area is 108 Å². The van der Waals surface area contributed by atoms with E-state index in [1.165, 1.54) is 0 Å². The topological polar surface area (TPSA) is 81.6 Å². The second kappa shape index (κ2) is 7.68. The number of hydrogen-bond donors (Lipinski definition) is 2. The summed E-state index contributed by atoms with van der Waals surface area (Å²) in [7, 11) is 1.66. The van der Waals surface area contributed by atoms with E-state index < -0.39 is 0 Å². The molecule has 0 saturated carbocycles. The molecular formula is C13H21N3O2. The third-order valence-electron chi connectivity index (χ3n) is 2.65. The van der Waals surface area contributed by atoms with Gasteiger partial charge < -0.3 is 16.2 Å². The molecule has 1 aromatic rings. The van der Waals surface area contributed by atoms with Gasteiger partial charge in [-0.05, 0) is 18.1 Å². The van der Waals surface area contributed by atoms with Crippen LogP contribution in [0.25, 0.3) is 0 Å². The Balaban J connectivity index is 2.59. The quantitative estimate of drug-likeness (QED) is 0.523. The lowest BCUT2D eigenvalue weighted by Crippen LogP contribution is -2.34. The average molecular weight is 251 g/mol. The number of benzene rings is 1. The summed E-state index contributed by atoms with van der Waals surface area (Å²) in [6.07, 6.45) is 0.858. The molecule has 0 unspecified atom stereocenters. The average Bonchev–Trinajstić information content (AvgIpc) is 2.31. The minimum atomic E-state index is -0.332. The summed E-state index contributed by atoms with van der Waals surface area (Å²) in [5.74, 6) is -0.332. The molecule has 1 aromatic carbocycles. The number of para-hydroxylation sites is 1. The van der Waals surface area contributed by atoms with Crippen LogP contribution >= 0.6 is 0 Å². The minimum absolute atomic E-state index is 0.234. The molecule has 0 saturated heterocycles. The van der Waals surface area contributed by atoms with Gasteiger partial charge in [-0.3, -0.25) is 9.69 Å². The molecule has 0 aromatic heterocycles. The van der Waals surface area contributed by atoms with Crippen molar-refractivity contribution in [3.63, 3.8) is 0 Å². The lowest BCUT2D eigenvalue weighted by Gasteiger charge is -2.21. The van der Waals surface area contributed by atoms with Crippen LogP contribution in [0, 0.1) is 0 Å². The van der Waals surface area contributed by atoms with Gasteiger partial charge in [-0.1, -0.05) is 18.2 Å². The molecule has 0 aliphatic heterocycles. The van der Waals surface area contributed by atoms with Gasteiger partial charge in [0.1, 0.15) is 0 Å². The van der Waals surface area contributed by atoms with Crippen molar-refractivity contribution in [2.75, 3.05) is 32.5 Å². The van der Waals surface area contributed by atoms with Gasteiger partial charge in [0.2, 0.25) is 5.91 Å². The van der Waals surface area contributed by atoms with Gasteiger partial charge in [-0.25, -0.2) is 0 Å². The molecule has 0 heterocycles. The van der Waals surface area contributed by atoms with E-state index in [0.29, 0.717) is 13.2 Å². The van der Waals surface area contributed by atoms with Gasteiger partial charge in [0, 0.05) is 32.5 Å². The number of carbonyl (C=O) groups excluding carboxylic acids is 1. The van der Waals surface area contributed by atoms with Gasteiger partial charge in [0.25, 0.3) is 0 Å². The number of amides is 1. The van der Waals surface area contributed by atoms with Crippen molar-refractivity contribution >= 4 is 11.6 Å². The summed E-state index contributed by atoms with van der Waals surface area (Å²) in [5, 5.41) is 0. The number of rotatable bonds is 8. The highest BCUT2D eigenvalue weighted by atomic mass is 16.5. The van der Waals surface area contributed by atoms with E-state index in [1.54, 1.807) is 7.11 Å². The number of primary amides is 1. The van der Waals surface area contributed by atoms with Crippen LogP contribution in [0.15, 0.2) is 24.3 Å². The summed E-state index contributed by atoms with van der Waals surface area (Å²) in [5.41, 5.74) is 12.9. The molecule has 0 aliphatic rings. The maximum absolute atomic E-state index is 11.0. The first-order valence-corrected chi connectivity index (χ1v) is 5.96. The first-order valence-electron chi connectivity index (χ1n) is 5.96. The Morgan fingerprint density at radius 2 is 2.11 bits per heavy atom. The van der Waals surface area contributed by atoms with Crippen molar-refractivity contribution in [2.45, 2.75) is 13.0 Å². The number of carbonyl (C=O) groups is 1. The molecule has 0 spiro atoms. The Kier molecular flexibility index (Phi) is 6.18. The van der Waals surface area contributed by atoms with Crippen molar-refractivity contribution in [1.82, 2.24) is 4.90 Å². The molecule has 0 radical (unpaired) electrons. The zero-order valence-corrected chi connectivity index (χ0v) is 10.8. The second-order valence-corrected chi connectivity index (χ2v) is 4.22. The lowest BCUT2D eigenvalue weighted by molar-refractivity contribution is -0.119. The Hall–Kier alpha value is -1.59. The fourth-order valence-electron chi connectivity index (χ4n) is 1.79. The van der Waals surface area contributed by atoms with Crippen LogP contribution in [0.4, 0.5) is 5.69 Å². The molecule has 100 valence electrons. The molecule has 0 fully saturated rings. The molecule has 0 bridgehead atoms. The van der Waals surface area contributed by atoms with Crippen LogP contribution in [0.2, 0.25) is 0 Å². The first-order chi connectivity index (χ1) is 8.63. The van der Waals surface area contributed by atoms with Gasteiger partial charge in [-0.2, -0.15) is 0 Å². The largest absolute Gasteiger partial charge is 0.398 e.